The van der Waals surface area contributed by atoms with E-state index in [2.05, 4.69) is 5.10 Å². The van der Waals surface area contributed by atoms with Crippen molar-refractivity contribution in [1.82, 2.24) is 9.61 Å². The fraction of sp³-hybridized carbons (Fsp3) is 0.222. The lowest BCUT2D eigenvalue weighted by Crippen LogP contribution is -1.95. The Bertz CT molecular complexity index is 431. The van der Waals surface area contributed by atoms with Gasteiger partial charge in [0, 0.05) is 5.69 Å². The maximum absolute atomic E-state index is 9.50. The van der Waals surface area contributed by atoms with Crippen molar-refractivity contribution in [3.8, 4) is 5.75 Å². The molecule has 0 aliphatic rings. The van der Waals surface area contributed by atoms with Gasteiger partial charge < -0.3 is 5.11 Å². The average molecular weight is 162 g/mol. The van der Waals surface area contributed by atoms with Gasteiger partial charge in [-0.1, -0.05) is 0 Å². The second-order valence-corrected chi connectivity index (χ2v) is 2.93. The third kappa shape index (κ3) is 0.794. The fourth-order valence-electron chi connectivity index (χ4n) is 1.32. The first-order valence-corrected chi connectivity index (χ1v) is 3.83. The van der Waals surface area contributed by atoms with Gasteiger partial charge in [-0.25, -0.2) is 4.52 Å². The SMILES string of the molecule is Cc1cc(O)c2ccnn2c1C. The van der Waals surface area contributed by atoms with Crippen LogP contribution in [0.5, 0.6) is 5.75 Å². The predicted octanol–water partition coefficient (Wildman–Crippen LogP) is 1.66. The van der Waals surface area contributed by atoms with Crippen LogP contribution in [0.15, 0.2) is 18.3 Å². The van der Waals surface area contributed by atoms with E-state index in [1.165, 1.54) is 0 Å². The van der Waals surface area contributed by atoms with E-state index in [1.807, 2.05) is 13.8 Å². The van der Waals surface area contributed by atoms with Gasteiger partial charge in [-0.3, -0.25) is 0 Å². The Morgan fingerprint density at radius 2 is 2.17 bits per heavy atom. The molecule has 0 unspecified atom stereocenters. The number of aromatic nitrogens is 2. The summed E-state index contributed by atoms with van der Waals surface area (Å²) in [5.74, 6) is 0.288. The highest BCUT2D eigenvalue weighted by Gasteiger charge is 2.04. The molecule has 0 saturated heterocycles. The third-order valence-corrected chi connectivity index (χ3v) is 2.15. The molecular weight excluding hydrogens is 152 g/mol. The van der Waals surface area contributed by atoms with Gasteiger partial charge >= 0.3 is 0 Å². The first-order chi connectivity index (χ1) is 5.70. The van der Waals surface area contributed by atoms with Gasteiger partial charge in [-0.05, 0) is 31.5 Å². The molecule has 2 aromatic rings. The number of hydrogen-bond acceptors (Lipinski definition) is 2. The van der Waals surface area contributed by atoms with Crippen molar-refractivity contribution in [3.63, 3.8) is 0 Å². The van der Waals surface area contributed by atoms with E-state index in [4.69, 9.17) is 0 Å². The highest BCUT2D eigenvalue weighted by atomic mass is 16.3. The van der Waals surface area contributed by atoms with Crippen LogP contribution in [0.1, 0.15) is 11.3 Å². The summed E-state index contributed by atoms with van der Waals surface area (Å²) in [4.78, 5) is 0. The minimum absolute atomic E-state index is 0.288. The van der Waals surface area contributed by atoms with E-state index in [0.717, 1.165) is 16.8 Å². The number of rotatable bonds is 0. The zero-order chi connectivity index (χ0) is 8.72. The molecule has 0 radical (unpaired) electrons. The van der Waals surface area contributed by atoms with Crippen LogP contribution in [-0.2, 0) is 0 Å². The molecule has 0 fully saturated rings. The number of hydrogen-bond donors (Lipinski definition) is 1. The van der Waals surface area contributed by atoms with Crippen molar-refractivity contribution >= 4 is 5.52 Å². The average Bonchev–Trinajstić information content (AvgIpc) is 2.48. The summed E-state index contributed by atoms with van der Waals surface area (Å²) in [6.45, 7) is 3.94. The number of nitrogens with zero attached hydrogens (tertiary/aromatic N) is 2. The third-order valence-electron chi connectivity index (χ3n) is 2.15. The molecule has 62 valence electrons. The first-order valence-electron chi connectivity index (χ1n) is 3.83. The summed E-state index contributed by atoms with van der Waals surface area (Å²) in [7, 11) is 0. The monoisotopic (exact) mass is 162 g/mol. The lowest BCUT2D eigenvalue weighted by Gasteiger charge is -2.04. The van der Waals surface area contributed by atoms with Gasteiger partial charge in [0.05, 0.1) is 6.20 Å². The number of fused-ring (bicyclic) bond motifs is 1. The molecule has 3 heteroatoms. The minimum Gasteiger partial charge on any atom is -0.506 e. The van der Waals surface area contributed by atoms with Crippen molar-refractivity contribution in [2.45, 2.75) is 13.8 Å². The van der Waals surface area contributed by atoms with Gasteiger partial charge in [0.2, 0.25) is 0 Å². The van der Waals surface area contributed by atoms with Gasteiger partial charge in [-0.15, -0.1) is 0 Å². The molecular formula is C9H10N2O. The standard InChI is InChI=1S/C9H10N2O/c1-6-5-9(12)8-3-4-10-11(8)7(6)2/h3-5,12H,1-2H3. The normalized spacial score (nSPS) is 10.8. The molecule has 2 heterocycles. The summed E-state index contributed by atoms with van der Waals surface area (Å²) >= 11 is 0. The molecule has 0 spiro atoms. The maximum Gasteiger partial charge on any atom is 0.141 e. The highest BCUT2D eigenvalue weighted by Crippen LogP contribution is 2.21. The summed E-state index contributed by atoms with van der Waals surface area (Å²) in [6.07, 6.45) is 1.68. The Labute approximate surface area is 70.3 Å². The Hall–Kier alpha value is -1.51. The van der Waals surface area contributed by atoms with Crippen LogP contribution in [0.3, 0.4) is 0 Å². The zero-order valence-electron chi connectivity index (χ0n) is 7.07. The lowest BCUT2D eigenvalue weighted by atomic mass is 10.2. The Kier molecular flexibility index (Phi) is 1.33. The quantitative estimate of drug-likeness (QED) is 0.639. The van der Waals surface area contributed by atoms with Crippen molar-refractivity contribution in [2.75, 3.05) is 0 Å². The van der Waals surface area contributed by atoms with E-state index in [0.29, 0.717) is 0 Å². The van der Waals surface area contributed by atoms with E-state index >= 15 is 0 Å². The Morgan fingerprint density at radius 3 is 2.92 bits per heavy atom. The Morgan fingerprint density at radius 1 is 1.42 bits per heavy atom. The van der Waals surface area contributed by atoms with E-state index < -0.39 is 0 Å². The topological polar surface area (TPSA) is 37.5 Å². The second kappa shape index (κ2) is 2.24. The van der Waals surface area contributed by atoms with Gasteiger partial charge in [0.15, 0.2) is 0 Å². The van der Waals surface area contributed by atoms with Crippen LogP contribution >= 0.6 is 0 Å². The molecule has 0 saturated carbocycles. The molecule has 0 aromatic carbocycles. The van der Waals surface area contributed by atoms with Crippen molar-refractivity contribution in [1.29, 1.82) is 0 Å². The first kappa shape index (κ1) is 7.16. The van der Waals surface area contributed by atoms with E-state index in [9.17, 15) is 5.11 Å². The summed E-state index contributed by atoms with van der Waals surface area (Å²) in [5, 5.41) is 13.6. The van der Waals surface area contributed by atoms with E-state index in [-0.39, 0.29) is 5.75 Å². The molecule has 2 rings (SSSR count). The second-order valence-electron chi connectivity index (χ2n) is 2.93. The van der Waals surface area contributed by atoms with Crippen LogP contribution in [0.4, 0.5) is 0 Å². The van der Waals surface area contributed by atoms with Crippen LogP contribution in [0.25, 0.3) is 5.52 Å². The van der Waals surface area contributed by atoms with Crippen molar-refractivity contribution < 1.29 is 5.11 Å². The van der Waals surface area contributed by atoms with Crippen LogP contribution in [-0.4, -0.2) is 14.7 Å². The largest absolute Gasteiger partial charge is 0.506 e. The van der Waals surface area contributed by atoms with Crippen molar-refractivity contribution in [3.05, 3.63) is 29.6 Å². The van der Waals surface area contributed by atoms with E-state index in [1.54, 1.807) is 22.8 Å². The van der Waals surface area contributed by atoms with Crippen LogP contribution in [0, 0.1) is 13.8 Å². The highest BCUT2D eigenvalue weighted by molar-refractivity contribution is 5.60. The summed E-state index contributed by atoms with van der Waals surface area (Å²) in [5.41, 5.74) is 2.87. The molecule has 1 N–H and O–H groups in total. The van der Waals surface area contributed by atoms with Crippen molar-refractivity contribution in [2.24, 2.45) is 0 Å². The maximum atomic E-state index is 9.50. The Balaban J connectivity index is 2.97. The molecule has 0 bridgehead atoms. The molecule has 0 aliphatic heterocycles. The fourth-order valence-corrected chi connectivity index (χ4v) is 1.32. The summed E-state index contributed by atoms with van der Waals surface area (Å²) in [6, 6.07) is 3.55. The minimum atomic E-state index is 0.288. The number of aromatic hydroxyl groups is 1. The van der Waals surface area contributed by atoms with Gasteiger partial charge in [0.25, 0.3) is 0 Å². The predicted molar refractivity (Wildman–Crippen MR) is 46.3 cm³/mol. The molecule has 0 atom stereocenters. The zero-order valence-corrected chi connectivity index (χ0v) is 7.07. The van der Waals surface area contributed by atoms with Gasteiger partial charge in [-0.2, -0.15) is 5.10 Å². The summed E-state index contributed by atoms with van der Waals surface area (Å²) < 4.78 is 1.74. The molecule has 0 aliphatic carbocycles. The number of pyridine rings is 1. The smallest absolute Gasteiger partial charge is 0.141 e. The number of aryl methyl sites for hydroxylation is 2. The van der Waals surface area contributed by atoms with Crippen LogP contribution in [0.2, 0.25) is 0 Å². The van der Waals surface area contributed by atoms with Gasteiger partial charge in [0.1, 0.15) is 11.3 Å². The van der Waals surface area contributed by atoms with Crippen LogP contribution < -0.4 is 0 Å². The molecule has 12 heavy (non-hydrogen) atoms. The lowest BCUT2D eigenvalue weighted by molar-refractivity contribution is 0.477. The molecule has 2 aromatic heterocycles. The molecule has 0 amide bonds. The molecule has 3 nitrogen and oxygen atoms in total.